The number of amides is 1. The van der Waals surface area contributed by atoms with E-state index in [2.05, 4.69) is 19.9 Å². The molecule has 194 valence electrons. The molecule has 2 saturated heterocycles. The van der Waals surface area contributed by atoms with Crippen LogP contribution >= 0.6 is 32.9 Å². The number of imidazole rings is 1. The Morgan fingerprint density at radius 3 is 2.42 bits per heavy atom. The number of aliphatic hydroxyl groups is 4. The molecule has 2 aliphatic rings. The van der Waals surface area contributed by atoms with Crippen LogP contribution < -0.4 is 11.5 Å². The molecule has 0 aliphatic carbocycles. The fraction of sp³-hybridized carbons (Fsp3) is 0.526. The molecule has 1 amide bonds. The molecule has 8 atom stereocenters. The third kappa shape index (κ3) is 4.66. The minimum Gasteiger partial charge on any atom is -0.388 e. The Kier molecular flexibility index (Phi) is 7.34. The molecule has 2 unspecified atom stereocenters. The summed E-state index contributed by atoms with van der Waals surface area (Å²) in [6.45, 7) is 0. The molecule has 0 aromatic carbocycles. The van der Waals surface area contributed by atoms with Crippen molar-refractivity contribution in [2.24, 2.45) is 5.73 Å². The van der Waals surface area contributed by atoms with Crippen LogP contribution in [0.3, 0.4) is 0 Å². The first-order valence-corrected chi connectivity index (χ1v) is 14.1. The zero-order valence-electron chi connectivity index (χ0n) is 18.4. The summed E-state index contributed by atoms with van der Waals surface area (Å²) < 4.78 is 13.2. The Hall–Kier alpha value is -2.09. The number of hydrogen-bond acceptors (Lipinski definition) is 15. The molecular formula is C19H23N7O7S3. The van der Waals surface area contributed by atoms with Gasteiger partial charge in [-0.2, -0.15) is 0 Å². The lowest BCUT2D eigenvalue weighted by atomic mass is 10.1. The number of aromatic nitrogens is 5. The predicted molar refractivity (Wildman–Crippen MR) is 131 cm³/mol. The second-order valence-corrected chi connectivity index (χ2v) is 11.7. The normalized spacial score (nSPS) is 32.4. The maximum absolute atomic E-state index is 11.3. The number of thiazole rings is 1. The van der Waals surface area contributed by atoms with Crippen molar-refractivity contribution in [3.8, 4) is 0 Å². The van der Waals surface area contributed by atoms with E-state index in [1.807, 2.05) is 0 Å². The number of nitrogens with zero attached hydrogens (tertiary/aromatic N) is 5. The van der Waals surface area contributed by atoms with Gasteiger partial charge >= 0.3 is 0 Å². The summed E-state index contributed by atoms with van der Waals surface area (Å²) in [4.78, 5) is 27.5. The van der Waals surface area contributed by atoms with E-state index in [0.29, 0.717) is 27.7 Å². The topological polar surface area (TPSA) is 225 Å². The molecule has 3 aromatic heterocycles. The zero-order valence-corrected chi connectivity index (χ0v) is 20.8. The highest BCUT2D eigenvalue weighted by Gasteiger charge is 2.46. The summed E-state index contributed by atoms with van der Waals surface area (Å²) in [5.74, 6) is 0.162. The lowest BCUT2D eigenvalue weighted by Crippen LogP contribution is -2.32. The van der Waals surface area contributed by atoms with E-state index >= 15 is 0 Å². The summed E-state index contributed by atoms with van der Waals surface area (Å²) in [5.41, 5.74) is 11.9. The van der Waals surface area contributed by atoms with Crippen LogP contribution in [0.1, 0.15) is 27.8 Å². The summed E-state index contributed by atoms with van der Waals surface area (Å²) in [5, 5.41) is 43.7. The SMILES string of the molecule is NC(=O)c1csc([C@@H]2O[C@H](CSSC[C@H]3O[C@@H](n4cnc5c(N)ncnc54)C(O)[C@H]3O)[C@H](O)C2O)n1. The summed E-state index contributed by atoms with van der Waals surface area (Å²) >= 11 is 1.12. The lowest BCUT2D eigenvalue weighted by molar-refractivity contribution is -0.0288. The maximum atomic E-state index is 11.3. The van der Waals surface area contributed by atoms with Gasteiger partial charge in [-0.15, -0.1) is 11.3 Å². The van der Waals surface area contributed by atoms with Gasteiger partial charge in [-0.05, 0) is 0 Å². The van der Waals surface area contributed by atoms with Crippen molar-refractivity contribution in [1.29, 1.82) is 0 Å². The Morgan fingerprint density at radius 1 is 1.03 bits per heavy atom. The Balaban J connectivity index is 1.15. The molecule has 14 nitrogen and oxygen atoms in total. The van der Waals surface area contributed by atoms with E-state index in [1.165, 1.54) is 44.2 Å². The third-order valence-electron chi connectivity index (χ3n) is 5.93. The van der Waals surface area contributed by atoms with Crippen LogP contribution in [0.25, 0.3) is 11.2 Å². The van der Waals surface area contributed by atoms with Gasteiger partial charge in [0.05, 0.1) is 18.5 Å². The lowest BCUT2D eigenvalue weighted by Gasteiger charge is -2.16. The number of carbonyl (C=O) groups is 1. The smallest absolute Gasteiger partial charge is 0.268 e. The van der Waals surface area contributed by atoms with Crippen molar-refractivity contribution < 1.29 is 34.7 Å². The fourth-order valence-electron chi connectivity index (χ4n) is 4.01. The summed E-state index contributed by atoms with van der Waals surface area (Å²) in [6, 6.07) is 0. The van der Waals surface area contributed by atoms with Crippen LogP contribution in [0.15, 0.2) is 18.0 Å². The standard InChI is InChI=1S/C19H23N7O7S3/c20-15-9-17(23-4-22-15)26(5-24-9)19-13(30)11(28)8(33-19)3-36-35-2-7-10(27)12(29)14(32-7)18-25-6(1-34-18)16(21)31/h1,4-5,7-8,10-14,19,27-30H,2-3H2,(H2,21,31)(H2,20,22,23)/t7-,8-,10+,11+,12?,13?,14-,19-/m1/s1. The number of ether oxygens (including phenoxy) is 2. The predicted octanol–water partition coefficient (Wildman–Crippen LogP) is -1.17. The molecule has 8 N–H and O–H groups in total. The van der Waals surface area contributed by atoms with Crippen LogP contribution in [0.4, 0.5) is 5.82 Å². The molecule has 5 rings (SSSR count). The monoisotopic (exact) mass is 557 g/mol. The average molecular weight is 558 g/mol. The number of carbonyl (C=O) groups excluding carboxylic acids is 1. The van der Waals surface area contributed by atoms with Gasteiger partial charge in [0, 0.05) is 16.9 Å². The van der Waals surface area contributed by atoms with Gasteiger partial charge < -0.3 is 41.4 Å². The number of anilines is 1. The van der Waals surface area contributed by atoms with Gasteiger partial charge in [-0.3, -0.25) is 9.36 Å². The molecule has 2 aliphatic heterocycles. The Labute approximate surface area is 215 Å². The number of primary amides is 1. The number of hydrogen-bond donors (Lipinski definition) is 6. The number of nitrogen functional groups attached to an aromatic ring is 1. The Morgan fingerprint density at radius 2 is 1.72 bits per heavy atom. The number of rotatable bonds is 8. The number of fused-ring (bicyclic) bond motifs is 1. The number of nitrogens with two attached hydrogens (primary N) is 2. The first-order valence-electron chi connectivity index (χ1n) is 10.7. The molecule has 0 bridgehead atoms. The van der Waals surface area contributed by atoms with Crippen molar-refractivity contribution in [2.45, 2.75) is 49.0 Å². The summed E-state index contributed by atoms with van der Waals surface area (Å²) in [7, 11) is 2.72. The molecule has 0 saturated carbocycles. The first kappa shape index (κ1) is 25.6. The number of aliphatic hydroxyl groups excluding tert-OH is 4. The maximum Gasteiger partial charge on any atom is 0.268 e. The largest absolute Gasteiger partial charge is 0.388 e. The minimum atomic E-state index is -1.21. The van der Waals surface area contributed by atoms with Gasteiger partial charge in [-0.1, -0.05) is 21.6 Å². The quantitative estimate of drug-likeness (QED) is 0.142. The van der Waals surface area contributed by atoms with Gasteiger partial charge in [0.15, 0.2) is 17.7 Å². The summed E-state index contributed by atoms with van der Waals surface area (Å²) in [6.07, 6.45) is -5.15. The molecule has 0 spiro atoms. The Bertz CT molecular complexity index is 1250. The molecule has 5 heterocycles. The molecule has 3 aromatic rings. The van der Waals surface area contributed by atoms with Crippen LogP contribution in [0.5, 0.6) is 0 Å². The second-order valence-electron chi connectivity index (χ2n) is 8.21. The highest BCUT2D eigenvalue weighted by Crippen LogP contribution is 2.39. The molecule has 2 fully saturated rings. The van der Waals surface area contributed by atoms with Gasteiger partial charge in [0.25, 0.3) is 5.91 Å². The van der Waals surface area contributed by atoms with Crippen LogP contribution in [0.2, 0.25) is 0 Å². The molecule has 17 heteroatoms. The van der Waals surface area contributed by atoms with E-state index in [0.717, 1.165) is 11.3 Å². The van der Waals surface area contributed by atoms with Gasteiger partial charge in [0.1, 0.15) is 53.1 Å². The van der Waals surface area contributed by atoms with E-state index < -0.39 is 54.9 Å². The highest BCUT2D eigenvalue weighted by molar-refractivity contribution is 8.76. The van der Waals surface area contributed by atoms with E-state index in [9.17, 15) is 25.2 Å². The van der Waals surface area contributed by atoms with Crippen molar-refractivity contribution >= 4 is 55.8 Å². The van der Waals surface area contributed by atoms with Gasteiger partial charge in [-0.25, -0.2) is 19.9 Å². The average Bonchev–Trinajstić information content (AvgIpc) is 3.62. The van der Waals surface area contributed by atoms with Crippen LogP contribution in [-0.2, 0) is 9.47 Å². The zero-order chi connectivity index (χ0) is 25.6. The van der Waals surface area contributed by atoms with E-state index in [1.54, 1.807) is 0 Å². The van der Waals surface area contributed by atoms with Crippen LogP contribution in [0, 0.1) is 0 Å². The molecular weight excluding hydrogens is 534 g/mol. The second kappa shape index (κ2) is 10.3. The van der Waals surface area contributed by atoms with Gasteiger partial charge in [0.2, 0.25) is 0 Å². The highest BCUT2D eigenvalue weighted by atomic mass is 33.1. The van der Waals surface area contributed by atoms with Crippen molar-refractivity contribution in [2.75, 3.05) is 17.2 Å². The first-order chi connectivity index (χ1) is 17.3. The van der Waals surface area contributed by atoms with Crippen molar-refractivity contribution in [3.63, 3.8) is 0 Å². The fourth-order valence-corrected chi connectivity index (χ4v) is 7.28. The minimum absolute atomic E-state index is 0.0730. The van der Waals surface area contributed by atoms with E-state index in [-0.39, 0.29) is 11.5 Å². The van der Waals surface area contributed by atoms with E-state index in [4.69, 9.17) is 20.9 Å². The van der Waals surface area contributed by atoms with Crippen LogP contribution in [-0.4, -0.2) is 99.0 Å². The van der Waals surface area contributed by atoms with Crippen molar-refractivity contribution in [1.82, 2.24) is 24.5 Å². The molecule has 36 heavy (non-hydrogen) atoms. The molecule has 0 radical (unpaired) electrons. The third-order valence-corrected chi connectivity index (χ3v) is 9.25. The van der Waals surface area contributed by atoms with Crippen molar-refractivity contribution in [3.05, 3.63) is 28.7 Å².